The Hall–Kier alpha value is -1.30. The molecular formula is C10H18N2O4. The van der Waals surface area contributed by atoms with E-state index in [1.807, 2.05) is 5.48 Å². The molecule has 1 aliphatic carbocycles. The molecule has 1 fully saturated rings. The smallest absolute Gasteiger partial charge is 0.338 e. The number of hydrogen-bond acceptors (Lipinski definition) is 3. The third kappa shape index (κ3) is 2.27. The molecule has 3 N–H and O–H groups in total. The SMILES string of the molecule is CC1(C)C(NC(=O)NOCC(=O)O)C1(C)C. The maximum Gasteiger partial charge on any atom is 0.338 e. The second-order valence-corrected chi connectivity index (χ2v) is 5.13. The average molecular weight is 230 g/mol. The largest absolute Gasteiger partial charge is 0.479 e. The Morgan fingerprint density at radius 3 is 2.12 bits per heavy atom. The molecule has 0 atom stereocenters. The van der Waals surface area contributed by atoms with Crippen LogP contribution in [0.15, 0.2) is 0 Å². The number of carbonyl (C=O) groups is 2. The molecule has 0 aromatic heterocycles. The maximum absolute atomic E-state index is 11.3. The van der Waals surface area contributed by atoms with Gasteiger partial charge in [-0.25, -0.2) is 15.1 Å². The van der Waals surface area contributed by atoms with E-state index in [4.69, 9.17) is 5.11 Å². The van der Waals surface area contributed by atoms with Crippen molar-refractivity contribution >= 4 is 12.0 Å². The minimum Gasteiger partial charge on any atom is -0.479 e. The molecule has 0 unspecified atom stereocenters. The Labute approximate surface area is 94.3 Å². The molecule has 0 aromatic carbocycles. The zero-order chi connectivity index (χ0) is 12.6. The van der Waals surface area contributed by atoms with Gasteiger partial charge in [0.25, 0.3) is 0 Å². The fourth-order valence-electron chi connectivity index (χ4n) is 1.88. The van der Waals surface area contributed by atoms with E-state index in [0.29, 0.717) is 0 Å². The molecule has 6 nitrogen and oxygen atoms in total. The normalized spacial score (nSPS) is 21.2. The number of rotatable bonds is 4. The third-order valence-corrected chi connectivity index (χ3v) is 3.66. The van der Waals surface area contributed by atoms with Crippen LogP contribution in [0.25, 0.3) is 0 Å². The lowest BCUT2D eigenvalue weighted by atomic mass is 10.0. The molecule has 16 heavy (non-hydrogen) atoms. The molecule has 92 valence electrons. The van der Waals surface area contributed by atoms with Gasteiger partial charge in [0.1, 0.15) is 0 Å². The van der Waals surface area contributed by atoms with Gasteiger partial charge >= 0.3 is 12.0 Å². The van der Waals surface area contributed by atoms with Gasteiger partial charge in [-0.05, 0) is 10.8 Å². The van der Waals surface area contributed by atoms with Gasteiger partial charge in [0, 0.05) is 6.04 Å². The van der Waals surface area contributed by atoms with E-state index in [1.165, 1.54) is 0 Å². The van der Waals surface area contributed by atoms with Gasteiger partial charge in [0.15, 0.2) is 6.61 Å². The molecule has 0 radical (unpaired) electrons. The van der Waals surface area contributed by atoms with E-state index in [2.05, 4.69) is 37.8 Å². The summed E-state index contributed by atoms with van der Waals surface area (Å²) in [6.07, 6.45) is 0. The Bertz CT molecular complexity index is 298. The number of carboxylic acids is 1. The number of amides is 2. The van der Waals surface area contributed by atoms with Gasteiger partial charge < -0.3 is 10.4 Å². The quantitative estimate of drug-likeness (QED) is 0.621. The van der Waals surface area contributed by atoms with Gasteiger partial charge in [0.05, 0.1) is 0 Å². The number of urea groups is 1. The minimum atomic E-state index is -1.13. The summed E-state index contributed by atoms with van der Waals surface area (Å²) in [6.45, 7) is 7.71. The monoisotopic (exact) mass is 230 g/mol. The van der Waals surface area contributed by atoms with Crippen molar-refractivity contribution in [3.63, 3.8) is 0 Å². The van der Waals surface area contributed by atoms with Gasteiger partial charge in [-0.3, -0.25) is 4.84 Å². The fraction of sp³-hybridized carbons (Fsp3) is 0.800. The van der Waals surface area contributed by atoms with Crippen LogP contribution in [0, 0.1) is 10.8 Å². The highest BCUT2D eigenvalue weighted by molar-refractivity contribution is 5.74. The molecule has 1 rings (SSSR count). The zero-order valence-corrected chi connectivity index (χ0v) is 9.96. The van der Waals surface area contributed by atoms with Crippen LogP contribution in [0.3, 0.4) is 0 Å². The van der Waals surface area contributed by atoms with E-state index in [9.17, 15) is 9.59 Å². The summed E-state index contributed by atoms with van der Waals surface area (Å²) in [5, 5.41) is 11.0. The van der Waals surface area contributed by atoms with Crippen LogP contribution in [0.2, 0.25) is 0 Å². The van der Waals surface area contributed by atoms with Gasteiger partial charge in [0.2, 0.25) is 0 Å². The predicted octanol–water partition coefficient (Wildman–Crippen LogP) is 0.736. The summed E-state index contributed by atoms with van der Waals surface area (Å²) in [5.41, 5.74) is 2.11. The molecule has 1 saturated carbocycles. The molecule has 0 aliphatic heterocycles. The molecular weight excluding hydrogens is 212 g/mol. The molecule has 1 aliphatic rings. The van der Waals surface area contributed by atoms with Crippen molar-refractivity contribution in [2.24, 2.45) is 10.8 Å². The van der Waals surface area contributed by atoms with Crippen LogP contribution in [-0.4, -0.2) is 29.8 Å². The molecule has 6 heteroatoms. The first-order chi connectivity index (χ1) is 7.19. The maximum atomic E-state index is 11.3. The highest BCUT2D eigenvalue weighted by Gasteiger charge is 2.65. The van der Waals surface area contributed by atoms with Crippen molar-refractivity contribution < 1.29 is 19.5 Å². The van der Waals surface area contributed by atoms with E-state index >= 15 is 0 Å². The number of hydroxylamine groups is 1. The second-order valence-electron chi connectivity index (χ2n) is 5.13. The predicted molar refractivity (Wildman–Crippen MR) is 56.6 cm³/mol. The van der Waals surface area contributed by atoms with Crippen molar-refractivity contribution in [2.45, 2.75) is 33.7 Å². The summed E-state index contributed by atoms with van der Waals surface area (Å²) >= 11 is 0. The summed E-state index contributed by atoms with van der Waals surface area (Å²) in [5.74, 6) is -1.13. The minimum absolute atomic E-state index is 0.0388. The van der Waals surface area contributed by atoms with Crippen molar-refractivity contribution in [1.82, 2.24) is 10.8 Å². The number of carbonyl (C=O) groups excluding carboxylic acids is 1. The van der Waals surface area contributed by atoms with Crippen LogP contribution < -0.4 is 10.8 Å². The topological polar surface area (TPSA) is 87.7 Å². The molecule has 0 saturated heterocycles. The number of nitrogens with one attached hydrogen (secondary N) is 2. The first-order valence-corrected chi connectivity index (χ1v) is 5.09. The van der Waals surface area contributed by atoms with Crippen molar-refractivity contribution in [3.8, 4) is 0 Å². The third-order valence-electron chi connectivity index (χ3n) is 3.66. The number of carboxylic acid groups (broad SMARTS) is 1. The van der Waals surface area contributed by atoms with E-state index in [1.54, 1.807) is 0 Å². The first kappa shape index (κ1) is 12.8. The molecule has 2 amide bonds. The summed E-state index contributed by atoms with van der Waals surface area (Å²) in [4.78, 5) is 25.9. The number of aliphatic carboxylic acids is 1. The highest BCUT2D eigenvalue weighted by atomic mass is 16.7. The highest BCUT2D eigenvalue weighted by Crippen LogP contribution is 2.62. The van der Waals surface area contributed by atoms with Crippen LogP contribution in [0.5, 0.6) is 0 Å². The summed E-state index contributed by atoms with van der Waals surface area (Å²) in [7, 11) is 0. The number of hydrogen-bond donors (Lipinski definition) is 3. The van der Waals surface area contributed by atoms with E-state index in [0.717, 1.165) is 0 Å². The Kier molecular flexibility index (Phi) is 3.14. The second kappa shape index (κ2) is 3.93. The summed E-state index contributed by atoms with van der Waals surface area (Å²) < 4.78 is 0. The molecule has 0 aromatic rings. The zero-order valence-electron chi connectivity index (χ0n) is 9.96. The lowest BCUT2D eigenvalue weighted by Gasteiger charge is -2.07. The average Bonchev–Trinajstić information content (AvgIpc) is 2.47. The van der Waals surface area contributed by atoms with Gasteiger partial charge in [-0.1, -0.05) is 27.7 Å². The molecule has 0 spiro atoms. The summed E-state index contributed by atoms with van der Waals surface area (Å²) in [6, 6.07) is -0.446. The van der Waals surface area contributed by atoms with Crippen molar-refractivity contribution in [3.05, 3.63) is 0 Å². The van der Waals surface area contributed by atoms with Gasteiger partial charge in [-0.2, -0.15) is 0 Å². The van der Waals surface area contributed by atoms with Crippen LogP contribution in [-0.2, 0) is 9.63 Å². The Balaban J connectivity index is 2.29. The van der Waals surface area contributed by atoms with Crippen LogP contribution >= 0.6 is 0 Å². The van der Waals surface area contributed by atoms with Gasteiger partial charge in [-0.15, -0.1) is 0 Å². The first-order valence-electron chi connectivity index (χ1n) is 5.09. The molecule has 0 heterocycles. The van der Waals surface area contributed by atoms with Crippen molar-refractivity contribution in [2.75, 3.05) is 6.61 Å². The lowest BCUT2D eigenvalue weighted by Crippen LogP contribution is -2.39. The van der Waals surface area contributed by atoms with Crippen LogP contribution in [0.4, 0.5) is 4.79 Å². The Morgan fingerprint density at radius 2 is 1.75 bits per heavy atom. The standard InChI is InChI=1S/C10H18N2O4/c1-9(2)7(10(9,3)4)11-8(15)12-16-5-6(13)14/h7H,5H2,1-4H3,(H,13,14)(H2,11,12,15). The molecule has 0 bridgehead atoms. The van der Waals surface area contributed by atoms with E-state index in [-0.39, 0.29) is 16.9 Å². The van der Waals surface area contributed by atoms with E-state index < -0.39 is 18.6 Å². The van der Waals surface area contributed by atoms with Crippen LogP contribution in [0.1, 0.15) is 27.7 Å². The van der Waals surface area contributed by atoms with Crippen molar-refractivity contribution in [1.29, 1.82) is 0 Å². The lowest BCUT2D eigenvalue weighted by molar-refractivity contribution is -0.144. The fourth-order valence-corrected chi connectivity index (χ4v) is 1.88. The Morgan fingerprint density at radius 1 is 1.25 bits per heavy atom.